The van der Waals surface area contributed by atoms with Crippen molar-refractivity contribution in [2.24, 2.45) is 11.7 Å². The summed E-state index contributed by atoms with van der Waals surface area (Å²) < 4.78 is 0. The molecule has 1 atom stereocenters. The number of hydrogen-bond donors (Lipinski definition) is 1. The van der Waals surface area contributed by atoms with Crippen molar-refractivity contribution in [3.8, 4) is 12.3 Å². The van der Waals surface area contributed by atoms with Crippen LogP contribution in [0.1, 0.15) is 37.9 Å². The van der Waals surface area contributed by atoms with Crippen molar-refractivity contribution < 1.29 is 0 Å². The molecule has 2 N–H and O–H groups in total. The maximum atomic E-state index is 5.96. The number of pyridine rings is 1. The Kier molecular flexibility index (Phi) is 4.22. The molecule has 0 bridgehead atoms. The third-order valence-corrected chi connectivity index (χ3v) is 3.41. The molecule has 96 valence electrons. The minimum atomic E-state index is 0.0311. The number of anilines is 1. The Morgan fingerprint density at radius 2 is 2.33 bits per heavy atom. The van der Waals surface area contributed by atoms with Crippen LogP contribution in [0.15, 0.2) is 18.3 Å². The van der Waals surface area contributed by atoms with Gasteiger partial charge in [-0.15, -0.1) is 6.42 Å². The summed E-state index contributed by atoms with van der Waals surface area (Å²) in [5.74, 6) is 3.54. The van der Waals surface area contributed by atoms with E-state index in [1.165, 1.54) is 12.8 Å². The van der Waals surface area contributed by atoms with E-state index in [0.717, 1.165) is 30.3 Å². The molecule has 1 unspecified atom stereocenters. The van der Waals surface area contributed by atoms with E-state index >= 15 is 0 Å². The van der Waals surface area contributed by atoms with Gasteiger partial charge < -0.3 is 10.6 Å². The quantitative estimate of drug-likeness (QED) is 0.780. The second kappa shape index (κ2) is 5.88. The minimum Gasteiger partial charge on any atom is -0.359 e. The maximum Gasteiger partial charge on any atom is 0.0792 e. The first-order chi connectivity index (χ1) is 8.74. The monoisotopic (exact) mass is 243 g/mol. The van der Waals surface area contributed by atoms with Crippen LogP contribution in [0.25, 0.3) is 0 Å². The van der Waals surface area contributed by atoms with Gasteiger partial charge in [-0.25, -0.2) is 0 Å². The Balaban J connectivity index is 2.07. The maximum absolute atomic E-state index is 5.96. The Labute approximate surface area is 109 Å². The van der Waals surface area contributed by atoms with Gasteiger partial charge in [0.05, 0.1) is 24.1 Å². The Morgan fingerprint density at radius 1 is 1.56 bits per heavy atom. The summed E-state index contributed by atoms with van der Waals surface area (Å²) in [6, 6.07) is 4.13. The molecule has 3 nitrogen and oxygen atoms in total. The summed E-state index contributed by atoms with van der Waals surface area (Å²) in [4.78, 5) is 6.67. The normalized spacial score (nSPS) is 16.1. The zero-order valence-electron chi connectivity index (χ0n) is 11.0. The van der Waals surface area contributed by atoms with Crippen LogP contribution in [0.2, 0.25) is 0 Å². The molecule has 0 aliphatic heterocycles. The summed E-state index contributed by atoms with van der Waals surface area (Å²) in [7, 11) is 0. The lowest BCUT2D eigenvalue weighted by Gasteiger charge is -2.22. The summed E-state index contributed by atoms with van der Waals surface area (Å²) >= 11 is 0. The summed E-state index contributed by atoms with van der Waals surface area (Å²) in [5, 5.41) is 0. The highest BCUT2D eigenvalue weighted by molar-refractivity contribution is 5.46. The van der Waals surface area contributed by atoms with E-state index in [1.807, 2.05) is 12.3 Å². The molecule has 0 aromatic carbocycles. The molecule has 0 saturated heterocycles. The van der Waals surface area contributed by atoms with Crippen LogP contribution in [-0.4, -0.2) is 18.1 Å². The van der Waals surface area contributed by atoms with E-state index in [-0.39, 0.29) is 6.04 Å². The summed E-state index contributed by atoms with van der Waals surface area (Å²) in [6.07, 6.45) is 10.9. The van der Waals surface area contributed by atoms with Gasteiger partial charge in [0.2, 0.25) is 0 Å². The number of hydrogen-bond acceptors (Lipinski definition) is 3. The average molecular weight is 243 g/mol. The van der Waals surface area contributed by atoms with E-state index in [1.54, 1.807) is 0 Å². The van der Waals surface area contributed by atoms with Crippen molar-refractivity contribution in [1.29, 1.82) is 0 Å². The predicted molar refractivity (Wildman–Crippen MR) is 75.2 cm³/mol. The second-order valence-electron chi connectivity index (χ2n) is 4.98. The van der Waals surface area contributed by atoms with E-state index in [2.05, 4.69) is 28.8 Å². The molecule has 1 fully saturated rings. The number of nitrogens with two attached hydrogens (primary N) is 1. The molecule has 1 heterocycles. The van der Waals surface area contributed by atoms with Gasteiger partial charge in [-0.2, -0.15) is 0 Å². The lowest BCUT2D eigenvalue weighted by molar-refractivity contribution is 0.674. The summed E-state index contributed by atoms with van der Waals surface area (Å²) in [5.41, 5.74) is 8.02. The summed E-state index contributed by atoms with van der Waals surface area (Å²) in [6.45, 7) is 3.76. The first kappa shape index (κ1) is 12.9. The molecule has 0 radical (unpaired) electrons. The van der Waals surface area contributed by atoms with Crippen LogP contribution in [0.3, 0.4) is 0 Å². The van der Waals surface area contributed by atoms with Crippen LogP contribution in [0.4, 0.5) is 5.69 Å². The van der Waals surface area contributed by atoms with Gasteiger partial charge >= 0.3 is 0 Å². The fourth-order valence-corrected chi connectivity index (χ4v) is 2.00. The SMILES string of the molecule is C#CCN(CC1CC1)c1ccc(C(N)CC)nc1. The van der Waals surface area contributed by atoms with Crippen molar-refractivity contribution >= 4 is 5.69 Å². The molecular weight excluding hydrogens is 222 g/mol. The second-order valence-corrected chi connectivity index (χ2v) is 4.98. The van der Waals surface area contributed by atoms with E-state index < -0.39 is 0 Å². The number of aromatic nitrogens is 1. The van der Waals surface area contributed by atoms with Crippen LogP contribution < -0.4 is 10.6 Å². The molecule has 0 spiro atoms. The van der Waals surface area contributed by atoms with Crippen molar-refractivity contribution in [3.63, 3.8) is 0 Å². The third kappa shape index (κ3) is 3.24. The highest BCUT2D eigenvalue weighted by Gasteiger charge is 2.24. The Bertz CT molecular complexity index is 414. The third-order valence-electron chi connectivity index (χ3n) is 3.41. The molecule has 2 rings (SSSR count). The Hall–Kier alpha value is -1.53. The van der Waals surface area contributed by atoms with Crippen molar-refractivity contribution in [3.05, 3.63) is 24.0 Å². The average Bonchev–Trinajstić information content (AvgIpc) is 3.21. The van der Waals surface area contributed by atoms with Crippen LogP contribution in [-0.2, 0) is 0 Å². The van der Waals surface area contributed by atoms with Gasteiger partial charge in [0.1, 0.15) is 0 Å². The topological polar surface area (TPSA) is 42.1 Å². The zero-order chi connectivity index (χ0) is 13.0. The smallest absolute Gasteiger partial charge is 0.0792 e. The molecule has 1 aromatic heterocycles. The number of terminal acetylenes is 1. The van der Waals surface area contributed by atoms with Gasteiger partial charge in [0.15, 0.2) is 0 Å². The van der Waals surface area contributed by atoms with E-state index in [9.17, 15) is 0 Å². The molecular formula is C15H21N3. The first-order valence-electron chi connectivity index (χ1n) is 6.64. The van der Waals surface area contributed by atoms with Crippen LogP contribution in [0, 0.1) is 18.3 Å². The van der Waals surface area contributed by atoms with Gasteiger partial charge in [0, 0.05) is 12.6 Å². The standard InChI is InChI=1S/C15H21N3/c1-3-9-18(11-12-5-6-12)13-7-8-15(17-10-13)14(16)4-2/h1,7-8,10,12,14H,4-6,9,11,16H2,2H3. The van der Waals surface area contributed by atoms with Crippen LogP contribution in [0.5, 0.6) is 0 Å². The van der Waals surface area contributed by atoms with Gasteiger partial charge in [-0.3, -0.25) is 4.98 Å². The molecule has 1 saturated carbocycles. The van der Waals surface area contributed by atoms with E-state index in [0.29, 0.717) is 6.54 Å². The fraction of sp³-hybridized carbons (Fsp3) is 0.533. The molecule has 1 aliphatic carbocycles. The van der Waals surface area contributed by atoms with Gasteiger partial charge in [-0.05, 0) is 37.3 Å². The van der Waals surface area contributed by atoms with E-state index in [4.69, 9.17) is 12.2 Å². The van der Waals surface area contributed by atoms with Crippen LogP contribution >= 0.6 is 0 Å². The zero-order valence-corrected chi connectivity index (χ0v) is 11.0. The molecule has 18 heavy (non-hydrogen) atoms. The highest BCUT2D eigenvalue weighted by Crippen LogP contribution is 2.31. The molecule has 3 heteroatoms. The first-order valence-corrected chi connectivity index (χ1v) is 6.64. The lowest BCUT2D eigenvalue weighted by Crippen LogP contribution is -2.26. The van der Waals surface area contributed by atoms with Gasteiger partial charge in [0.25, 0.3) is 0 Å². The Morgan fingerprint density at radius 3 is 2.83 bits per heavy atom. The fourth-order valence-electron chi connectivity index (χ4n) is 2.00. The molecule has 1 aromatic rings. The van der Waals surface area contributed by atoms with Crippen molar-refractivity contribution in [2.75, 3.05) is 18.0 Å². The van der Waals surface area contributed by atoms with Gasteiger partial charge in [-0.1, -0.05) is 12.8 Å². The largest absolute Gasteiger partial charge is 0.359 e. The molecule has 1 aliphatic rings. The molecule has 0 amide bonds. The number of nitrogens with zero attached hydrogens (tertiary/aromatic N) is 2. The number of rotatable bonds is 6. The minimum absolute atomic E-state index is 0.0311. The van der Waals surface area contributed by atoms with Crippen molar-refractivity contribution in [2.45, 2.75) is 32.2 Å². The predicted octanol–water partition coefficient (Wildman–Crippen LogP) is 2.34. The highest BCUT2D eigenvalue weighted by atomic mass is 15.1. The van der Waals surface area contributed by atoms with Crippen molar-refractivity contribution in [1.82, 2.24) is 4.98 Å². The lowest BCUT2D eigenvalue weighted by atomic mass is 10.1.